The molecule has 1 saturated heterocycles. The van der Waals surface area contributed by atoms with Gasteiger partial charge >= 0.3 is 5.97 Å². The van der Waals surface area contributed by atoms with Crippen LogP contribution >= 0.6 is 0 Å². The van der Waals surface area contributed by atoms with Crippen LogP contribution in [0.15, 0.2) is 18.5 Å². The molecule has 0 saturated carbocycles. The van der Waals surface area contributed by atoms with E-state index in [0.29, 0.717) is 12.2 Å². The summed E-state index contributed by atoms with van der Waals surface area (Å²) in [5.74, 6) is -1.06. The highest BCUT2D eigenvalue weighted by Gasteiger charge is 2.27. The van der Waals surface area contributed by atoms with Gasteiger partial charge in [-0.3, -0.25) is 9.78 Å². The summed E-state index contributed by atoms with van der Waals surface area (Å²) in [5.41, 5.74) is 0.816. The predicted molar refractivity (Wildman–Crippen MR) is 70.2 cm³/mol. The summed E-state index contributed by atoms with van der Waals surface area (Å²) >= 11 is 0. The maximum atomic E-state index is 11.7. The second-order valence-corrected chi connectivity index (χ2v) is 4.60. The number of hydrogen-bond donors (Lipinski definition) is 2. The van der Waals surface area contributed by atoms with E-state index in [1.165, 1.54) is 12.3 Å². The van der Waals surface area contributed by atoms with Crippen molar-refractivity contribution in [2.24, 2.45) is 5.92 Å². The molecule has 2 heterocycles. The van der Waals surface area contributed by atoms with Gasteiger partial charge in [-0.05, 0) is 18.9 Å². The first-order valence-electron chi connectivity index (χ1n) is 6.27. The Morgan fingerprint density at radius 3 is 3.00 bits per heavy atom. The van der Waals surface area contributed by atoms with E-state index < -0.39 is 5.97 Å². The smallest absolute Gasteiger partial charge is 0.337 e. The van der Waals surface area contributed by atoms with Crippen LogP contribution in [0.2, 0.25) is 0 Å². The monoisotopic (exact) mass is 263 g/mol. The first-order valence-corrected chi connectivity index (χ1v) is 6.27. The van der Waals surface area contributed by atoms with Gasteiger partial charge in [0, 0.05) is 26.3 Å². The van der Waals surface area contributed by atoms with Crippen molar-refractivity contribution in [2.45, 2.75) is 12.8 Å². The number of hydrogen-bond acceptors (Lipinski definition) is 4. The van der Waals surface area contributed by atoms with Crippen molar-refractivity contribution >= 4 is 17.6 Å². The third kappa shape index (κ3) is 2.83. The van der Waals surface area contributed by atoms with Crippen LogP contribution < -0.4 is 10.2 Å². The van der Waals surface area contributed by atoms with Crippen LogP contribution in [0.5, 0.6) is 0 Å². The standard InChI is InChI=1S/C13H17N3O3/c1-14-12(17)9-3-2-6-16(8-9)11-7-15-5-4-10(11)13(18)19/h4-5,7,9H,2-3,6,8H2,1H3,(H,14,17)(H,18,19). The molecule has 0 aromatic carbocycles. The molecule has 6 nitrogen and oxygen atoms in total. The highest BCUT2D eigenvalue weighted by Crippen LogP contribution is 2.25. The molecule has 1 aromatic heterocycles. The number of amides is 1. The summed E-state index contributed by atoms with van der Waals surface area (Å²) in [4.78, 5) is 28.8. The van der Waals surface area contributed by atoms with E-state index in [0.717, 1.165) is 19.4 Å². The van der Waals surface area contributed by atoms with Gasteiger partial charge in [0.05, 0.1) is 23.4 Å². The van der Waals surface area contributed by atoms with Crippen molar-refractivity contribution in [3.63, 3.8) is 0 Å². The van der Waals surface area contributed by atoms with E-state index >= 15 is 0 Å². The quantitative estimate of drug-likeness (QED) is 0.840. The number of carboxylic acid groups (broad SMARTS) is 1. The van der Waals surface area contributed by atoms with Gasteiger partial charge in [0.25, 0.3) is 0 Å². The first kappa shape index (κ1) is 13.3. The van der Waals surface area contributed by atoms with Crippen LogP contribution in [0.1, 0.15) is 23.2 Å². The van der Waals surface area contributed by atoms with Gasteiger partial charge in [0.2, 0.25) is 5.91 Å². The molecule has 2 N–H and O–H groups in total. The van der Waals surface area contributed by atoms with Gasteiger partial charge < -0.3 is 15.3 Å². The van der Waals surface area contributed by atoms with E-state index in [-0.39, 0.29) is 17.4 Å². The van der Waals surface area contributed by atoms with Crippen molar-refractivity contribution in [2.75, 3.05) is 25.0 Å². The van der Waals surface area contributed by atoms with E-state index in [9.17, 15) is 14.7 Å². The summed E-state index contributed by atoms with van der Waals surface area (Å²) in [6.45, 7) is 1.28. The zero-order valence-electron chi connectivity index (χ0n) is 10.8. The largest absolute Gasteiger partial charge is 0.478 e. The number of carbonyl (C=O) groups excluding carboxylic acids is 1. The van der Waals surface area contributed by atoms with Crippen LogP contribution in [-0.4, -0.2) is 42.1 Å². The molecule has 1 unspecified atom stereocenters. The molecule has 0 aliphatic carbocycles. The van der Waals surface area contributed by atoms with E-state index in [1.54, 1.807) is 13.2 Å². The van der Waals surface area contributed by atoms with Crippen molar-refractivity contribution in [1.29, 1.82) is 0 Å². The van der Waals surface area contributed by atoms with E-state index in [1.807, 2.05) is 4.90 Å². The minimum Gasteiger partial charge on any atom is -0.478 e. The Morgan fingerprint density at radius 2 is 2.32 bits per heavy atom. The highest BCUT2D eigenvalue weighted by atomic mass is 16.4. The molecular formula is C13H17N3O3. The molecule has 1 atom stereocenters. The molecule has 2 rings (SSSR count). The summed E-state index contributed by atoms with van der Waals surface area (Å²) in [6, 6.07) is 1.49. The average molecular weight is 263 g/mol. The minimum atomic E-state index is -0.973. The highest BCUT2D eigenvalue weighted by molar-refractivity contribution is 5.94. The van der Waals surface area contributed by atoms with Gasteiger partial charge in [-0.25, -0.2) is 4.79 Å². The summed E-state index contributed by atoms with van der Waals surface area (Å²) in [7, 11) is 1.62. The Labute approximate surface area is 111 Å². The average Bonchev–Trinajstić information content (AvgIpc) is 2.46. The Hall–Kier alpha value is -2.11. The lowest BCUT2D eigenvalue weighted by Crippen LogP contribution is -2.42. The zero-order chi connectivity index (χ0) is 13.8. The van der Waals surface area contributed by atoms with Crippen molar-refractivity contribution < 1.29 is 14.7 Å². The fraction of sp³-hybridized carbons (Fsp3) is 0.462. The van der Waals surface area contributed by atoms with Gasteiger partial charge in [-0.1, -0.05) is 0 Å². The molecule has 1 aliphatic rings. The number of nitrogens with one attached hydrogen (secondary N) is 1. The molecular weight excluding hydrogens is 246 g/mol. The number of anilines is 1. The summed E-state index contributed by atoms with van der Waals surface area (Å²) in [5, 5.41) is 11.8. The molecule has 19 heavy (non-hydrogen) atoms. The zero-order valence-corrected chi connectivity index (χ0v) is 10.8. The topological polar surface area (TPSA) is 82.5 Å². The Bertz CT molecular complexity index is 490. The van der Waals surface area contributed by atoms with Gasteiger partial charge in [-0.2, -0.15) is 0 Å². The lowest BCUT2D eigenvalue weighted by atomic mass is 9.96. The number of aromatic nitrogens is 1. The number of pyridine rings is 1. The molecule has 6 heteroatoms. The van der Waals surface area contributed by atoms with Crippen LogP contribution in [0.4, 0.5) is 5.69 Å². The first-order chi connectivity index (χ1) is 9.13. The Morgan fingerprint density at radius 1 is 1.53 bits per heavy atom. The second kappa shape index (κ2) is 5.69. The molecule has 1 aliphatic heterocycles. The number of piperidine rings is 1. The molecule has 1 amide bonds. The Balaban J connectivity index is 2.22. The summed E-state index contributed by atoms with van der Waals surface area (Å²) in [6.07, 6.45) is 4.72. The third-order valence-electron chi connectivity index (χ3n) is 3.41. The van der Waals surface area contributed by atoms with Crippen molar-refractivity contribution in [1.82, 2.24) is 10.3 Å². The predicted octanol–water partition coefficient (Wildman–Crippen LogP) is 0.742. The van der Waals surface area contributed by atoms with E-state index in [4.69, 9.17) is 0 Å². The SMILES string of the molecule is CNC(=O)C1CCCN(c2cnccc2C(=O)O)C1. The maximum Gasteiger partial charge on any atom is 0.337 e. The van der Waals surface area contributed by atoms with Crippen LogP contribution in [0.3, 0.4) is 0 Å². The normalized spacial score (nSPS) is 19.0. The van der Waals surface area contributed by atoms with Gasteiger partial charge in [-0.15, -0.1) is 0 Å². The summed E-state index contributed by atoms with van der Waals surface area (Å²) < 4.78 is 0. The number of carboxylic acids is 1. The molecule has 0 radical (unpaired) electrons. The third-order valence-corrected chi connectivity index (χ3v) is 3.41. The molecule has 1 aromatic rings. The van der Waals surface area contributed by atoms with E-state index in [2.05, 4.69) is 10.3 Å². The number of carbonyl (C=O) groups is 2. The van der Waals surface area contributed by atoms with Gasteiger partial charge in [0.15, 0.2) is 0 Å². The molecule has 1 fully saturated rings. The van der Waals surface area contributed by atoms with Crippen LogP contribution in [0.25, 0.3) is 0 Å². The fourth-order valence-corrected chi connectivity index (χ4v) is 2.43. The molecule has 0 bridgehead atoms. The maximum absolute atomic E-state index is 11.7. The molecule has 0 spiro atoms. The number of nitrogens with zero attached hydrogens (tertiary/aromatic N) is 2. The van der Waals surface area contributed by atoms with Crippen LogP contribution in [-0.2, 0) is 4.79 Å². The number of rotatable bonds is 3. The lowest BCUT2D eigenvalue weighted by molar-refractivity contribution is -0.124. The number of aromatic carboxylic acids is 1. The fourth-order valence-electron chi connectivity index (χ4n) is 2.43. The van der Waals surface area contributed by atoms with Crippen molar-refractivity contribution in [3.05, 3.63) is 24.0 Å². The molecule has 102 valence electrons. The lowest BCUT2D eigenvalue weighted by Gasteiger charge is -2.33. The van der Waals surface area contributed by atoms with Crippen molar-refractivity contribution in [3.8, 4) is 0 Å². The van der Waals surface area contributed by atoms with Gasteiger partial charge in [0.1, 0.15) is 0 Å². The van der Waals surface area contributed by atoms with Crippen LogP contribution in [0, 0.1) is 5.92 Å². The second-order valence-electron chi connectivity index (χ2n) is 4.60. The minimum absolute atomic E-state index is 0.00506. The Kier molecular flexibility index (Phi) is 3.99.